The minimum absolute atomic E-state index is 0.0575. The van der Waals surface area contributed by atoms with Crippen LogP contribution in [0.15, 0.2) is 29.8 Å². The third-order valence-corrected chi connectivity index (χ3v) is 4.00. The summed E-state index contributed by atoms with van der Waals surface area (Å²) in [7, 11) is 0. The van der Waals surface area contributed by atoms with Gasteiger partial charge in [0.05, 0.1) is 0 Å². The van der Waals surface area contributed by atoms with Crippen LogP contribution in [0.5, 0.6) is 0 Å². The Hall–Kier alpha value is -2.15. The first-order chi connectivity index (χ1) is 10.1. The fraction of sp³-hybridized carbons (Fsp3) is 0.412. The summed E-state index contributed by atoms with van der Waals surface area (Å²) in [5.74, 6) is -0.445. The number of hydrogen-bond acceptors (Lipinski definition) is 2. The van der Waals surface area contributed by atoms with Crippen LogP contribution in [-0.2, 0) is 4.79 Å². The van der Waals surface area contributed by atoms with Gasteiger partial charge in [0.25, 0.3) is 5.91 Å². The van der Waals surface area contributed by atoms with Gasteiger partial charge in [-0.1, -0.05) is 38.0 Å². The predicted octanol–water partition coefficient (Wildman–Crippen LogP) is 3.43. The molecule has 0 heterocycles. The van der Waals surface area contributed by atoms with Gasteiger partial charge >= 0.3 is 0 Å². The number of benzene rings is 1. The average molecular weight is 286 g/mol. The van der Waals surface area contributed by atoms with E-state index in [0.29, 0.717) is 5.92 Å². The molecule has 0 spiro atoms. The molecule has 21 heavy (non-hydrogen) atoms. The minimum Gasteiger partial charge on any atom is -0.348 e. The van der Waals surface area contributed by atoms with Crippen LogP contribution < -0.4 is 5.32 Å². The Balaban J connectivity index is 2.12. The van der Waals surface area contributed by atoms with Crippen LogP contribution in [0, 0.1) is 23.1 Å². The lowest BCUT2D eigenvalue weighted by molar-refractivity contribution is -0.118. The van der Waals surface area contributed by atoms with Crippen molar-refractivity contribution in [2.24, 2.45) is 5.92 Å². The molecule has 0 bridgehead atoms. The normalized spacial score (nSPS) is 22.4. The van der Waals surface area contributed by atoms with E-state index in [1.165, 1.54) is 18.6 Å². The number of nitrogens with zero attached hydrogens (tertiary/aromatic N) is 1. The molecule has 2 rings (SSSR count). The standard InChI is InChI=1S/C17H19FN2O/c1-12-6-2-5-9-16(12)20-17(21)14(11-19)10-13-7-3-4-8-15(13)18/h3-4,7-8,10,12,16H,2,5-6,9H2,1H3,(H,20,21)/b14-10+/t12-,16+/m0/s1. The molecule has 0 radical (unpaired) electrons. The Morgan fingerprint density at radius 1 is 1.38 bits per heavy atom. The number of nitriles is 1. The molecule has 2 atom stereocenters. The van der Waals surface area contributed by atoms with Crippen molar-refractivity contribution in [3.63, 3.8) is 0 Å². The topological polar surface area (TPSA) is 52.9 Å². The van der Waals surface area contributed by atoms with Crippen molar-refractivity contribution in [2.75, 3.05) is 0 Å². The van der Waals surface area contributed by atoms with Crippen LogP contribution >= 0.6 is 0 Å². The van der Waals surface area contributed by atoms with E-state index < -0.39 is 11.7 Å². The number of carbonyl (C=O) groups is 1. The molecule has 0 unspecified atom stereocenters. The first-order valence-electron chi connectivity index (χ1n) is 7.29. The summed E-state index contributed by atoms with van der Waals surface area (Å²) >= 11 is 0. The maximum absolute atomic E-state index is 13.6. The SMILES string of the molecule is C[C@H]1CCCC[C@H]1NC(=O)/C(C#N)=C/c1ccccc1F. The predicted molar refractivity (Wildman–Crippen MR) is 79.6 cm³/mol. The lowest BCUT2D eigenvalue weighted by Gasteiger charge is -2.29. The highest BCUT2D eigenvalue weighted by atomic mass is 19.1. The van der Waals surface area contributed by atoms with Gasteiger partial charge in [-0.2, -0.15) is 5.26 Å². The highest BCUT2D eigenvalue weighted by molar-refractivity contribution is 6.01. The Morgan fingerprint density at radius 2 is 2.10 bits per heavy atom. The zero-order valence-corrected chi connectivity index (χ0v) is 12.1. The van der Waals surface area contributed by atoms with E-state index in [1.807, 2.05) is 6.07 Å². The molecule has 4 heteroatoms. The average Bonchev–Trinajstić information content (AvgIpc) is 2.48. The summed E-state index contributed by atoms with van der Waals surface area (Å²) < 4.78 is 13.6. The second-order valence-electron chi connectivity index (χ2n) is 5.53. The van der Waals surface area contributed by atoms with Gasteiger partial charge < -0.3 is 5.32 Å². The Morgan fingerprint density at radius 3 is 2.76 bits per heavy atom. The molecule has 0 aromatic heterocycles. The third-order valence-electron chi connectivity index (χ3n) is 4.00. The molecule has 1 N–H and O–H groups in total. The summed E-state index contributed by atoms with van der Waals surface area (Å²) in [4.78, 5) is 12.2. The molecule has 1 fully saturated rings. The van der Waals surface area contributed by atoms with Crippen molar-refractivity contribution in [3.8, 4) is 6.07 Å². The molecular formula is C17H19FN2O. The molecule has 1 aromatic carbocycles. The molecule has 0 saturated heterocycles. The van der Waals surface area contributed by atoms with Gasteiger partial charge in [-0.25, -0.2) is 4.39 Å². The second-order valence-corrected chi connectivity index (χ2v) is 5.53. The zero-order chi connectivity index (χ0) is 15.2. The van der Waals surface area contributed by atoms with Crippen molar-refractivity contribution < 1.29 is 9.18 Å². The molecule has 1 aliphatic rings. The maximum atomic E-state index is 13.6. The molecule has 1 aliphatic carbocycles. The summed E-state index contributed by atoms with van der Waals surface area (Å²) in [5.41, 5.74) is 0.193. The summed E-state index contributed by atoms with van der Waals surface area (Å²) in [6.45, 7) is 2.11. The van der Waals surface area contributed by atoms with E-state index in [-0.39, 0.29) is 17.2 Å². The number of rotatable bonds is 3. The van der Waals surface area contributed by atoms with Gasteiger partial charge in [0.2, 0.25) is 0 Å². The number of halogens is 1. The fourth-order valence-corrected chi connectivity index (χ4v) is 2.67. The van der Waals surface area contributed by atoms with Crippen molar-refractivity contribution in [2.45, 2.75) is 38.6 Å². The molecular weight excluding hydrogens is 267 g/mol. The van der Waals surface area contributed by atoms with Crippen LogP contribution in [0.3, 0.4) is 0 Å². The minimum atomic E-state index is -0.441. The summed E-state index contributed by atoms with van der Waals surface area (Å²) in [5, 5.41) is 12.0. The first-order valence-corrected chi connectivity index (χ1v) is 7.29. The van der Waals surface area contributed by atoms with Crippen LogP contribution in [0.4, 0.5) is 4.39 Å². The number of carbonyl (C=O) groups excluding carboxylic acids is 1. The molecule has 1 aromatic rings. The van der Waals surface area contributed by atoms with Crippen molar-refractivity contribution >= 4 is 12.0 Å². The van der Waals surface area contributed by atoms with Crippen molar-refractivity contribution in [1.82, 2.24) is 5.32 Å². The first kappa shape index (κ1) is 15.2. The maximum Gasteiger partial charge on any atom is 0.262 e. The monoisotopic (exact) mass is 286 g/mol. The Labute approximate surface area is 124 Å². The lowest BCUT2D eigenvalue weighted by atomic mass is 9.86. The van der Waals surface area contributed by atoms with E-state index in [2.05, 4.69) is 12.2 Å². The third kappa shape index (κ3) is 3.91. The molecule has 110 valence electrons. The summed E-state index contributed by atoms with van der Waals surface area (Å²) in [6, 6.07) is 8.06. The number of amides is 1. The van der Waals surface area contributed by atoms with Gasteiger partial charge in [0.15, 0.2) is 0 Å². The fourth-order valence-electron chi connectivity index (χ4n) is 2.67. The van der Waals surface area contributed by atoms with E-state index in [0.717, 1.165) is 19.3 Å². The molecule has 1 saturated carbocycles. The Bertz CT molecular complexity index is 589. The highest BCUT2D eigenvalue weighted by Crippen LogP contribution is 2.24. The number of hydrogen-bond donors (Lipinski definition) is 1. The summed E-state index contributed by atoms with van der Waals surface area (Å²) in [6.07, 6.45) is 5.60. The van der Waals surface area contributed by atoms with Crippen molar-refractivity contribution in [1.29, 1.82) is 5.26 Å². The highest BCUT2D eigenvalue weighted by Gasteiger charge is 2.24. The number of nitrogens with one attached hydrogen (secondary N) is 1. The largest absolute Gasteiger partial charge is 0.348 e. The van der Waals surface area contributed by atoms with Gasteiger partial charge in [-0.3, -0.25) is 4.79 Å². The van der Waals surface area contributed by atoms with Gasteiger partial charge in [-0.15, -0.1) is 0 Å². The van der Waals surface area contributed by atoms with E-state index in [9.17, 15) is 9.18 Å². The molecule has 0 aliphatic heterocycles. The second kappa shape index (κ2) is 7.03. The smallest absolute Gasteiger partial charge is 0.262 e. The van der Waals surface area contributed by atoms with Crippen LogP contribution in [-0.4, -0.2) is 11.9 Å². The molecule has 1 amide bonds. The van der Waals surface area contributed by atoms with E-state index >= 15 is 0 Å². The van der Waals surface area contributed by atoms with Crippen LogP contribution in [0.2, 0.25) is 0 Å². The van der Waals surface area contributed by atoms with E-state index in [1.54, 1.807) is 18.2 Å². The van der Waals surface area contributed by atoms with Gasteiger partial charge in [0.1, 0.15) is 17.5 Å². The lowest BCUT2D eigenvalue weighted by Crippen LogP contribution is -2.41. The molecule has 3 nitrogen and oxygen atoms in total. The van der Waals surface area contributed by atoms with E-state index in [4.69, 9.17) is 5.26 Å². The van der Waals surface area contributed by atoms with Gasteiger partial charge in [-0.05, 0) is 30.9 Å². The zero-order valence-electron chi connectivity index (χ0n) is 12.1. The quantitative estimate of drug-likeness (QED) is 0.683. The van der Waals surface area contributed by atoms with Crippen LogP contribution in [0.1, 0.15) is 38.2 Å². The van der Waals surface area contributed by atoms with Gasteiger partial charge in [0, 0.05) is 11.6 Å². The Kier molecular flexibility index (Phi) is 5.10. The van der Waals surface area contributed by atoms with Crippen molar-refractivity contribution in [3.05, 3.63) is 41.2 Å². The van der Waals surface area contributed by atoms with Crippen LogP contribution in [0.25, 0.3) is 6.08 Å².